The van der Waals surface area contributed by atoms with Crippen molar-refractivity contribution in [3.8, 4) is 0 Å². The van der Waals surface area contributed by atoms with Crippen LogP contribution in [0.15, 0.2) is 18.2 Å². The lowest BCUT2D eigenvalue weighted by molar-refractivity contribution is -0.123. The van der Waals surface area contributed by atoms with E-state index in [1.807, 2.05) is 0 Å². The molecule has 19 heavy (non-hydrogen) atoms. The van der Waals surface area contributed by atoms with Crippen LogP contribution in [0.4, 0.5) is 5.69 Å². The van der Waals surface area contributed by atoms with Crippen molar-refractivity contribution < 1.29 is 9.59 Å². The molecule has 6 heteroatoms. The van der Waals surface area contributed by atoms with Gasteiger partial charge in [-0.2, -0.15) is 0 Å². The number of likely N-dealkylation sites (tertiary alicyclic amines) is 1. The summed E-state index contributed by atoms with van der Waals surface area (Å²) in [5, 5.41) is 0.327. The van der Waals surface area contributed by atoms with Crippen LogP contribution in [-0.4, -0.2) is 29.3 Å². The molecular formula is C13H16ClN3O2. The molecule has 2 amide bonds. The van der Waals surface area contributed by atoms with E-state index in [2.05, 4.69) is 0 Å². The van der Waals surface area contributed by atoms with E-state index >= 15 is 0 Å². The SMILES string of the molecule is NC(=O)C1CCCCN1C(=O)c1cc(N)ccc1Cl. The van der Waals surface area contributed by atoms with Gasteiger partial charge in [0.15, 0.2) is 0 Å². The number of carbonyl (C=O) groups excluding carboxylic acids is 2. The number of anilines is 1. The fourth-order valence-corrected chi connectivity index (χ4v) is 2.53. The predicted molar refractivity (Wildman–Crippen MR) is 73.7 cm³/mol. The summed E-state index contributed by atoms with van der Waals surface area (Å²) in [6, 6.07) is 4.17. The minimum absolute atomic E-state index is 0.291. The maximum atomic E-state index is 12.5. The highest BCUT2D eigenvalue weighted by Crippen LogP contribution is 2.24. The molecule has 2 rings (SSSR count). The number of primary amides is 1. The van der Waals surface area contributed by atoms with Crippen molar-refractivity contribution in [3.63, 3.8) is 0 Å². The van der Waals surface area contributed by atoms with Crippen molar-refractivity contribution in [2.24, 2.45) is 5.73 Å². The van der Waals surface area contributed by atoms with Crippen LogP contribution in [0.5, 0.6) is 0 Å². The quantitative estimate of drug-likeness (QED) is 0.803. The van der Waals surface area contributed by atoms with Crippen molar-refractivity contribution in [2.75, 3.05) is 12.3 Å². The van der Waals surface area contributed by atoms with Gasteiger partial charge in [-0.3, -0.25) is 9.59 Å². The fraction of sp³-hybridized carbons (Fsp3) is 0.385. The number of carbonyl (C=O) groups is 2. The van der Waals surface area contributed by atoms with Crippen molar-refractivity contribution in [3.05, 3.63) is 28.8 Å². The Hall–Kier alpha value is -1.75. The van der Waals surface area contributed by atoms with E-state index in [0.717, 1.165) is 12.8 Å². The molecule has 0 aliphatic carbocycles. The van der Waals surface area contributed by atoms with Crippen LogP contribution in [0.2, 0.25) is 5.02 Å². The van der Waals surface area contributed by atoms with Gasteiger partial charge < -0.3 is 16.4 Å². The van der Waals surface area contributed by atoms with Gasteiger partial charge in [-0.25, -0.2) is 0 Å². The standard InChI is InChI=1S/C13H16ClN3O2/c14-10-5-4-8(15)7-9(10)13(19)17-6-2-1-3-11(17)12(16)18/h4-5,7,11H,1-3,6,15H2,(H2,16,18). The zero-order valence-electron chi connectivity index (χ0n) is 10.4. The Morgan fingerprint density at radius 2 is 2.05 bits per heavy atom. The minimum Gasteiger partial charge on any atom is -0.399 e. The van der Waals surface area contributed by atoms with Gasteiger partial charge in [-0.1, -0.05) is 11.6 Å². The predicted octanol–water partition coefficient (Wildman–Crippen LogP) is 1.40. The molecule has 1 aromatic rings. The number of amides is 2. The van der Waals surface area contributed by atoms with Gasteiger partial charge in [0, 0.05) is 12.2 Å². The number of halogens is 1. The van der Waals surface area contributed by atoms with Crippen LogP contribution in [-0.2, 0) is 4.79 Å². The van der Waals surface area contributed by atoms with Crippen LogP contribution in [0, 0.1) is 0 Å². The zero-order chi connectivity index (χ0) is 14.0. The number of benzene rings is 1. The molecule has 4 N–H and O–H groups in total. The Morgan fingerprint density at radius 1 is 1.32 bits per heavy atom. The van der Waals surface area contributed by atoms with Crippen LogP contribution in [0.1, 0.15) is 29.6 Å². The van der Waals surface area contributed by atoms with E-state index in [9.17, 15) is 9.59 Å². The summed E-state index contributed by atoms with van der Waals surface area (Å²) >= 11 is 6.02. The van der Waals surface area contributed by atoms with Gasteiger partial charge >= 0.3 is 0 Å². The van der Waals surface area contributed by atoms with Crippen molar-refractivity contribution in [1.29, 1.82) is 0 Å². The van der Waals surface area contributed by atoms with Crippen molar-refractivity contribution in [1.82, 2.24) is 4.90 Å². The second kappa shape index (κ2) is 5.48. The fourth-order valence-electron chi connectivity index (χ4n) is 2.33. The second-order valence-electron chi connectivity index (χ2n) is 4.65. The number of hydrogen-bond donors (Lipinski definition) is 2. The maximum Gasteiger partial charge on any atom is 0.256 e. The molecule has 0 radical (unpaired) electrons. The summed E-state index contributed by atoms with van der Waals surface area (Å²) in [5.74, 6) is -0.770. The third kappa shape index (κ3) is 2.81. The first-order chi connectivity index (χ1) is 9.00. The second-order valence-corrected chi connectivity index (χ2v) is 5.06. The summed E-state index contributed by atoms with van der Waals surface area (Å²) in [6.07, 6.45) is 2.35. The molecule has 1 aliphatic heterocycles. The Kier molecular flexibility index (Phi) is 3.95. The largest absolute Gasteiger partial charge is 0.399 e. The lowest BCUT2D eigenvalue weighted by Crippen LogP contribution is -2.50. The topological polar surface area (TPSA) is 89.4 Å². The Labute approximate surface area is 116 Å². The van der Waals surface area contributed by atoms with Crippen LogP contribution in [0.25, 0.3) is 0 Å². The Bertz CT molecular complexity index is 519. The lowest BCUT2D eigenvalue weighted by Gasteiger charge is -2.33. The van der Waals surface area contributed by atoms with Gasteiger partial charge in [0.2, 0.25) is 5.91 Å². The average molecular weight is 282 g/mol. The molecule has 1 aromatic carbocycles. The highest BCUT2D eigenvalue weighted by atomic mass is 35.5. The number of nitrogen functional groups attached to an aromatic ring is 1. The first kappa shape index (κ1) is 13.7. The first-order valence-electron chi connectivity index (χ1n) is 6.16. The number of nitrogens with zero attached hydrogens (tertiary/aromatic N) is 1. The van der Waals surface area contributed by atoms with E-state index in [1.165, 1.54) is 11.0 Å². The molecule has 5 nitrogen and oxygen atoms in total. The van der Waals surface area contributed by atoms with E-state index in [-0.39, 0.29) is 5.91 Å². The van der Waals surface area contributed by atoms with Crippen LogP contribution in [0.3, 0.4) is 0 Å². The van der Waals surface area contributed by atoms with Gasteiger partial charge in [0.05, 0.1) is 10.6 Å². The monoisotopic (exact) mass is 281 g/mol. The van der Waals surface area contributed by atoms with E-state index in [0.29, 0.717) is 29.2 Å². The van der Waals surface area contributed by atoms with Crippen molar-refractivity contribution in [2.45, 2.75) is 25.3 Å². The van der Waals surface area contributed by atoms with Gasteiger partial charge in [-0.05, 0) is 37.5 Å². The molecule has 1 atom stereocenters. The summed E-state index contributed by atoms with van der Waals surface area (Å²) in [7, 11) is 0. The molecule has 1 unspecified atom stereocenters. The van der Waals surface area contributed by atoms with E-state index in [4.69, 9.17) is 23.1 Å². The first-order valence-corrected chi connectivity index (χ1v) is 6.54. The number of rotatable bonds is 2. The number of piperidine rings is 1. The molecule has 102 valence electrons. The Morgan fingerprint density at radius 3 is 2.74 bits per heavy atom. The summed E-state index contributed by atoms with van der Waals surface area (Å²) < 4.78 is 0. The molecule has 0 aromatic heterocycles. The molecule has 0 spiro atoms. The summed E-state index contributed by atoms with van der Waals surface area (Å²) in [6.45, 7) is 0.511. The van der Waals surface area contributed by atoms with E-state index < -0.39 is 11.9 Å². The lowest BCUT2D eigenvalue weighted by atomic mass is 10.00. The van der Waals surface area contributed by atoms with Gasteiger partial charge in [-0.15, -0.1) is 0 Å². The smallest absolute Gasteiger partial charge is 0.256 e. The normalized spacial score (nSPS) is 19.2. The highest BCUT2D eigenvalue weighted by Gasteiger charge is 2.31. The molecule has 1 fully saturated rings. The molecule has 0 bridgehead atoms. The number of nitrogens with two attached hydrogens (primary N) is 2. The molecule has 1 saturated heterocycles. The molecular weight excluding hydrogens is 266 g/mol. The zero-order valence-corrected chi connectivity index (χ0v) is 11.2. The Balaban J connectivity index is 2.31. The van der Waals surface area contributed by atoms with Crippen LogP contribution >= 0.6 is 11.6 Å². The average Bonchev–Trinajstić information content (AvgIpc) is 2.40. The summed E-state index contributed by atoms with van der Waals surface area (Å²) in [4.78, 5) is 25.4. The third-order valence-electron chi connectivity index (χ3n) is 3.31. The molecule has 1 heterocycles. The van der Waals surface area contributed by atoms with Gasteiger partial charge in [0.1, 0.15) is 6.04 Å². The van der Waals surface area contributed by atoms with Crippen LogP contribution < -0.4 is 11.5 Å². The van der Waals surface area contributed by atoms with Crippen molar-refractivity contribution >= 4 is 29.1 Å². The summed E-state index contributed by atoms with van der Waals surface area (Å²) in [5.41, 5.74) is 11.8. The minimum atomic E-state index is -0.557. The molecule has 0 saturated carbocycles. The molecule has 1 aliphatic rings. The highest BCUT2D eigenvalue weighted by molar-refractivity contribution is 6.34. The maximum absolute atomic E-state index is 12.5. The third-order valence-corrected chi connectivity index (χ3v) is 3.64. The number of hydrogen-bond acceptors (Lipinski definition) is 3. The van der Waals surface area contributed by atoms with E-state index in [1.54, 1.807) is 12.1 Å². The van der Waals surface area contributed by atoms with Gasteiger partial charge in [0.25, 0.3) is 5.91 Å².